The molecule has 0 spiro atoms. The van der Waals surface area contributed by atoms with E-state index >= 15 is 0 Å². The molecule has 1 aromatic heterocycles. The van der Waals surface area contributed by atoms with Gasteiger partial charge in [-0.2, -0.15) is 0 Å². The molecule has 0 radical (unpaired) electrons. The summed E-state index contributed by atoms with van der Waals surface area (Å²) in [6.07, 6.45) is 3.72. The maximum absolute atomic E-state index is 4.07. The van der Waals surface area contributed by atoms with Crippen molar-refractivity contribution in [2.24, 2.45) is 0 Å². The van der Waals surface area contributed by atoms with Crippen molar-refractivity contribution in [1.82, 2.24) is 10.3 Å². The molecule has 1 atom stereocenters. The minimum atomic E-state index is 0.429. The van der Waals surface area contributed by atoms with Gasteiger partial charge in [0.05, 0.1) is 6.04 Å². The zero-order valence-corrected chi connectivity index (χ0v) is 6.46. The van der Waals surface area contributed by atoms with Crippen molar-refractivity contribution in [3.63, 3.8) is 0 Å². The highest BCUT2D eigenvalue weighted by molar-refractivity contribution is 5.55. The number of nitrogens with zero attached hydrogens (tertiary/aromatic N) is 1. The summed E-state index contributed by atoms with van der Waals surface area (Å²) >= 11 is 0. The van der Waals surface area contributed by atoms with E-state index in [4.69, 9.17) is 0 Å². The van der Waals surface area contributed by atoms with Gasteiger partial charge < -0.3 is 10.6 Å². The summed E-state index contributed by atoms with van der Waals surface area (Å²) < 4.78 is 0. The first-order valence-corrected chi connectivity index (χ1v) is 3.77. The van der Waals surface area contributed by atoms with Crippen molar-refractivity contribution in [2.45, 2.75) is 6.04 Å². The highest BCUT2D eigenvalue weighted by Crippen LogP contribution is 2.27. The van der Waals surface area contributed by atoms with Crippen molar-refractivity contribution >= 4 is 5.69 Å². The lowest BCUT2D eigenvalue weighted by Gasteiger charge is -2.05. The maximum atomic E-state index is 4.07. The van der Waals surface area contributed by atoms with Gasteiger partial charge in [-0.15, -0.1) is 0 Å². The Morgan fingerprint density at radius 3 is 3.45 bits per heavy atom. The van der Waals surface area contributed by atoms with Gasteiger partial charge in [0, 0.05) is 30.2 Å². The number of aromatic nitrogens is 1. The molecule has 2 rings (SSSR count). The van der Waals surface area contributed by atoms with Crippen LogP contribution >= 0.6 is 0 Å². The molecule has 58 valence electrons. The van der Waals surface area contributed by atoms with E-state index in [0.29, 0.717) is 6.04 Å². The molecular weight excluding hydrogens is 138 g/mol. The predicted molar refractivity (Wildman–Crippen MR) is 44.5 cm³/mol. The highest BCUT2D eigenvalue weighted by Gasteiger charge is 2.19. The molecule has 2 N–H and O–H groups in total. The lowest BCUT2D eigenvalue weighted by molar-refractivity contribution is 0.646. The average molecular weight is 149 g/mol. The van der Waals surface area contributed by atoms with Crippen LogP contribution in [-0.4, -0.2) is 18.6 Å². The van der Waals surface area contributed by atoms with Crippen molar-refractivity contribution < 1.29 is 0 Å². The second kappa shape index (κ2) is 2.51. The Hall–Kier alpha value is -1.09. The van der Waals surface area contributed by atoms with E-state index in [1.54, 1.807) is 0 Å². The Morgan fingerprint density at radius 1 is 1.73 bits per heavy atom. The number of fused-ring (bicyclic) bond motifs is 1. The Kier molecular flexibility index (Phi) is 1.51. The number of rotatable bonds is 1. The Labute approximate surface area is 65.8 Å². The standard InChI is InChI=1S/C8H11N3/c1-9-8-5-11-7-2-3-10-4-6(7)8/h2-4,8-9,11H,5H2,1H3. The number of nitrogens with one attached hydrogen (secondary N) is 2. The summed E-state index contributed by atoms with van der Waals surface area (Å²) in [6.45, 7) is 0.970. The molecule has 0 saturated carbocycles. The van der Waals surface area contributed by atoms with Crippen LogP contribution in [0.2, 0.25) is 0 Å². The monoisotopic (exact) mass is 149 g/mol. The third-order valence-electron chi connectivity index (χ3n) is 2.07. The average Bonchev–Trinajstić information content (AvgIpc) is 2.47. The molecule has 1 unspecified atom stereocenters. The van der Waals surface area contributed by atoms with E-state index in [9.17, 15) is 0 Å². The van der Waals surface area contributed by atoms with Crippen molar-refractivity contribution in [3.05, 3.63) is 24.0 Å². The summed E-state index contributed by atoms with van der Waals surface area (Å²) in [4.78, 5) is 4.07. The first-order chi connectivity index (χ1) is 5.42. The predicted octanol–water partition coefficient (Wildman–Crippen LogP) is 0.768. The Bertz CT molecular complexity index is 259. The maximum Gasteiger partial charge on any atom is 0.0529 e. The highest BCUT2D eigenvalue weighted by atomic mass is 15.0. The molecule has 0 aromatic carbocycles. The fraction of sp³-hybridized carbons (Fsp3) is 0.375. The number of pyridine rings is 1. The van der Waals surface area contributed by atoms with E-state index in [0.717, 1.165) is 6.54 Å². The van der Waals surface area contributed by atoms with Crippen molar-refractivity contribution in [3.8, 4) is 0 Å². The van der Waals surface area contributed by atoms with E-state index in [1.165, 1.54) is 11.3 Å². The van der Waals surface area contributed by atoms with Crippen LogP contribution in [0, 0.1) is 0 Å². The van der Waals surface area contributed by atoms with Crippen molar-refractivity contribution in [2.75, 3.05) is 18.9 Å². The summed E-state index contributed by atoms with van der Waals surface area (Å²) in [5.74, 6) is 0. The molecular formula is C8H11N3. The lowest BCUT2D eigenvalue weighted by atomic mass is 10.1. The smallest absolute Gasteiger partial charge is 0.0529 e. The summed E-state index contributed by atoms with van der Waals surface area (Å²) in [5, 5.41) is 6.52. The van der Waals surface area contributed by atoms with Gasteiger partial charge in [-0.1, -0.05) is 0 Å². The molecule has 2 heterocycles. The fourth-order valence-corrected chi connectivity index (χ4v) is 1.42. The minimum absolute atomic E-state index is 0.429. The first kappa shape index (κ1) is 6.61. The van der Waals surface area contributed by atoms with Crippen LogP contribution in [0.5, 0.6) is 0 Å². The van der Waals surface area contributed by atoms with Gasteiger partial charge in [-0.25, -0.2) is 0 Å². The number of likely N-dealkylation sites (N-methyl/N-ethyl adjacent to an activating group) is 1. The van der Waals surface area contributed by atoms with Gasteiger partial charge in [0.25, 0.3) is 0 Å². The summed E-state index contributed by atoms with van der Waals surface area (Å²) in [6, 6.07) is 2.44. The third-order valence-corrected chi connectivity index (χ3v) is 2.07. The van der Waals surface area contributed by atoms with Crippen LogP contribution in [0.25, 0.3) is 0 Å². The van der Waals surface area contributed by atoms with Crippen LogP contribution in [0.1, 0.15) is 11.6 Å². The fourth-order valence-electron chi connectivity index (χ4n) is 1.42. The summed E-state index contributed by atoms with van der Waals surface area (Å²) in [7, 11) is 1.97. The van der Waals surface area contributed by atoms with Crippen LogP contribution in [0.4, 0.5) is 5.69 Å². The van der Waals surface area contributed by atoms with E-state index in [1.807, 2.05) is 25.5 Å². The molecule has 0 aliphatic carbocycles. The molecule has 0 amide bonds. The normalized spacial score (nSPS) is 21.0. The number of hydrogen-bond acceptors (Lipinski definition) is 3. The second-order valence-electron chi connectivity index (χ2n) is 2.69. The van der Waals surface area contributed by atoms with Gasteiger partial charge in [0.15, 0.2) is 0 Å². The number of anilines is 1. The molecule has 11 heavy (non-hydrogen) atoms. The molecule has 0 bridgehead atoms. The van der Waals surface area contributed by atoms with Crippen LogP contribution in [0.3, 0.4) is 0 Å². The van der Waals surface area contributed by atoms with Gasteiger partial charge in [0.1, 0.15) is 0 Å². The molecule has 3 heteroatoms. The Balaban J connectivity index is 2.39. The second-order valence-corrected chi connectivity index (χ2v) is 2.69. The zero-order chi connectivity index (χ0) is 7.68. The quantitative estimate of drug-likeness (QED) is 0.619. The van der Waals surface area contributed by atoms with Crippen molar-refractivity contribution in [1.29, 1.82) is 0 Å². The molecule has 3 nitrogen and oxygen atoms in total. The molecule has 1 aliphatic rings. The van der Waals surface area contributed by atoms with Crippen LogP contribution in [0.15, 0.2) is 18.5 Å². The minimum Gasteiger partial charge on any atom is -0.383 e. The zero-order valence-electron chi connectivity index (χ0n) is 6.46. The molecule has 0 fully saturated rings. The van der Waals surface area contributed by atoms with Gasteiger partial charge in [-0.3, -0.25) is 4.98 Å². The topological polar surface area (TPSA) is 37.0 Å². The molecule has 1 aliphatic heterocycles. The molecule has 1 aromatic rings. The van der Waals surface area contributed by atoms with Gasteiger partial charge in [0.2, 0.25) is 0 Å². The first-order valence-electron chi connectivity index (χ1n) is 3.77. The van der Waals surface area contributed by atoms with Gasteiger partial charge >= 0.3 is 0 Å². The molecule has 0 saturated heterocycles. The van der Waals surface area contributed by atoms with E-state index in [-0.39, 0.29) is 0 Å². The number of hydrogen-bond donors (Lipinski definition) is 2. The SMILES string of the molecule is CNC1CNc2ccncc21. The van der Waals surface area contributed by atoms with Gasteiger partial charge in [-0.05, 0) is 13.1 Å². The van der Waals surface area contributed by atoms with E-state index < -0.39 is 0 Å². The van der Waals surface area contributed by atoms with Crippen LogP contribution in [-0.2, 0) is 0 Å². The Morgan fingerprint density at radius 2 is 2.64 bits per heavy atom. The van der Waals surface area contributed by atoms with E-state index in [2.05, 4.69) is 15.6 Å². The summed E-state index contributed by atoms with van der Waals surface area (Å²) in [5.41, 5.74) is 2.48. The largest absolute Gasteiger partial charge is 0.383 e. The van der Waals surface area contributed by atoms with Crippen LogP contribution < -0.4 is 10.6 Å². The third kappa shape index (κ3) is 0.973. The lowest BCUT2D eigenvalue weighted by Crippen LogP contribution is -2.17.